The number of hydrogen-bond acceptors (Lipinski definition) is 6. The largest absolute Gasteiger partial charge is 0.497 e. The Balaban J connectivity index is 1.54. The lowest BCUT2D eigenvalue weighted by Gasteiger charge is -2.11. The molecule has 2 aromatic carbocycles. The summed E-state index contributed by atoms with van der Waals surface area (Å²) in [5.74, 6) is 3.09. The minimum Gasteiger partial charge on any atom is -0.497 e. The topological polar surface area (TPSA) is 68.3 Å². The number of benzene rings is 2. The van der Waals surface area contributed by atoms with Crippen molar-refractivity contribution in [2.24, 2.45) is 0 Å². The zero-order valence-electron chi connectivity index (χ0n) is 15.6. The van der Waals surface area contributed by atoms with E-state index in [4.69, 9.17) is 9.47 Å². The van der Waals surface area contributed by atoms with Gasteiger partial charge in [0.25, 0.3) is 0 Å². The first-order valence-electron chi connectivity index (χ1n) is 8.84. The molecule has 6 nitrogen and oxygen atoms in total. The summed E-state index contributed by atoms with van der Waals surface area (Å²) in [6.45, 7) is 1.37. The van der Waals surface area contributed by atoms with Gasteiger partial charge in [0.1, 0.15) is 17.3 Å². The molecule has 140 valence electrons. The number of rotatable bonds is 9. The molecule has 0 atom stereocenters. The van der Waals surface area contributed by atoms with Gasteiger partial charge in [0.05, 0.1) is 14.2 Å². The normalized spacial score (nSPS) is 10.3. The number of nitrogens with zero attached hydrogens (tertiary/aromatic N) is 2. The van der Waals surface area contributed by atoms with Gasteiger partial charge in [0.15, 0.2) is 0 Å². The summed E-state index contributed by atoms with van der Waals surface area (Å²) in [7, 11) is 3.35. The first kappa shape index (κ1) is 18.5. The molecular formula is C21H24N4O2. The maximum absolute atomic E-state index is 5.38. The van der Waals surface area contributed by atoms with Crippen LogP contribution in [0.4, 0.5) is 11.8 Å². The third kappa shape index (κ3) is 5.34. The average Bonchev–Trinajstić information content (AvgIpc) is 2.73. The molecule has 0 fully saturated rings. The molecule has 0 saturated heterocycles. The molecule has 0 spiro atoms. The summed E-state index contributed by atoms with van der Waals surface area (Å²) in [6.07, 6.45) is 2.60. The fourth-order valence-corrected chi connectivity index (χ4v) is 2.72. The van der Waals surface area contributed by atoms with Crippen LogP contribution in [-0.4, -0.2) is 30.7 Å². The standard InChI is InChI=1S/C21H24N4O2/c1-26-18-8-5-6-16(14-18)10-12-22-21-23-13-11-20(25-21)24-15-17-7-3-4-9-19(17)27-2/h3-9,11,13-14H,10,12,15H2,1-2H3,(H2,22,23,24,25). The third-order valence-corrected chi connectivity index (χ3v) is 4.14. The minimum absolute atomic E-state index is 0.600. The van der Waals surface area contributed by atoms with Crippen molar-refractivity contribution in [3.8, 4) is 11.5 Å². The molecule has 0 saturated carbocycles. The van der Waals surface area contributed by atoms with E-state index in [1.807, 2.05) is 48.5 Å². The van der Waals surface area contributed by atoms with Crippen LogP contribution in [0.15, 0.2) is 60.8 Å². The number of hydrogen-bond donors (Lipinski definition) is 2. The zero-order chi connectivity index (χ0) is 18.9. The van der Waals surface area contributed by atoms with Gasteiger partial charge in [-0.25, -0.2) is 4.98 Å². The van der Waals surface area contributed by atoms with Gasteiger partial charge in [-0.05, 0) is 36.2 Å². The summed E-state index contributed by atoms with van der Waals surface area (Å²) in [4.78, 5) is 8.79. The van der Waals surface area contributed by atoms with Crippen LogP contribution >= 0.6 is 0 Å². The number of anilines is 2. The van der Waals surface area contributed by atoms with Crippen LogP contribution in [0.25, 0.3) is 0 Å². The molecule has 2 N–H and O–H groups in total. The SMILES string of the molecule is COc1cccc(CCNc2nccc(NCc3ccccc3OC)n2)c1. The maximum Gasteiger partial charge on any atom is 0.224 e. The zero-order valence-corrected chi connectivity index (χ0v) is 15.6. The Bertz CT molecular complexity index is 870. The van der Waals surface area contributed by atoms with E-state index in [0.717, 1.165) is 35.8 Å². The fraction of sp³-hybridized carbons (Fsp3) is 0.238. The Kier molecular flexibility index (Phi) is 6.46. The molecular weight excluding hydrogens is 340 g/mol. The van der Waals surface area contributed by atoms with Gasteiger partial charge in [-0.15, -0.1) is 0 Å². The van der Waals surface area contributed by atoms with E-state index in [9.17, 15) is 0 Å². The van der Waals surface area contributed by atoms with Crippen molar-refractivity contribution in [1.82, 2.24) is 9.97 Å². The third-order valence-electron chi connectivity index (χ3n) is 4.14. The first-order valence-corrected chi connectivity index (χ1v) is 8.84. The Labute approximate surface area is 159 Å². The Hall–Kier alpha value is -3.28. The molecule has 0 aliphatic heterocycles. The van der Waals surface area contributed by atoms with Gasteiger partial charge in [-0.1, -0.05) is 30.3 Å². The van der Waals surface area contributed by atoms with Crippen molar-refractivity contribution in [3.63, 3.8) is 0 Å². The number of nitrogens with one attached hydrogen (secondary N) is 2. The van der Waals surface area contributed by atoms with E-state index in [0.29, 0.717) is 12.5 Å². The maximum atomic E-state index is 5.38. The van der Waals surface area contributed by atoms with Crippen LogP contribution in [0.3, 0.4) is 0 Å². The summed E-state index contributed by atoms with van der Waals surface area (Å²) < 4.78 is 10.6. The second-order valence-corrected chi connectivity index (χ2v) is 5.96. The molecule has 0 aliphatic rings. The lowest BCUT2D eigenvalue weighted by atomic mass is 10.1. The summed E-state index contributed by atoms with van der Waals surface area (Å²) >= 11 is 0. The van der Waals surface area contributed by atoms with E-state index in [2.05, 4.69) is 26.7 Å². The lowest BCUT2D eigenvalue weighted by Crippen LogP contribution is -2.10. The van der Waals surface area contributed by atoms with Gasteiger partial charge in [-0.2, -0.15) is 4.98 Å². The van der Waals surface area contributed by atoms with E-state index >= 15 is 0 Å². The predicted molar refractivity (Wildman–Crippen MR) is 108 cm³/mol. The van der Waals surface area contributed by atoms with Crippen LogP contribution in [0, 0.1) is 0 Å². The second kappa shape index (κ2) is 9.43. The highest BCUT2D eigenvalue weighted by atomic mass is 16.5. The number of aromatic nitrogens is 2. The Morgan fingerprint density at radius 1 is 0.926 bits per heavy atom. The molecule has 3 aromatic rings. The van der Waals surface area contributed by atoms with Crippen molar-refractivity contribution in [2.75, 3.05) is 31.4 Å². The van der Waals surface area contributed by atoms with Crippen LogP contribution in [-0.2, 0) is 13.0 Å². The van der Waals surface area contributed by atoms with Gasteiger partial charge in [0, 0.05) is 24.8 Å². The molecule has 0 amide bonds. The fourth-order valence-electron chi connectivity index (χ4n) is 2.72. The van der Waals surface area contributed by atoms with Gasteiger partial charge < -0.3 is 20.1 Å². The summed E-state index contributed by atoms with van der Waals surface area (Å²) in [5, 5.41) is 6.58. The highest BCUT2D eigenvalue weighted by molar-refractivity contribution is 5.42. The smallest absolute Gasteiger partial charge is 0.224 e. The average molecular weight is 364 g/mol. The van der Waals surface area contributed by atoms with Gasteiger partial charge in [0.2, 0.25) is 5.95 Å². The number of methoxy groups -OCH3 is 2. The molecule has 0 aliphatic carbocycles. The molecule has 27 heavy (non-hydrogen) atoms. The van der Waals surface area contributed by atoms with E-state index < -0.39 is 0 Å². The van der Waals surface area contributed by atoms with Crippen molar-refractivity contribution >= 4 is 11.8 Å². The van der Waals surface area contributed by atoms with E-state index in [1.165, 1.54) is 5.56 Å². The number of para-hydroxylation sites is 1. The van der Waals surface area contributed by atoms with Crippen LogP contribution in [0.5, 0.6) is 11.5 Å². The highest BCUT2D eigenvalue weighted by Gasteiger charge is 2.03. The molecule has 1 heterocycles. The monoisotopic (exact) mass is 364 g/mol. The molecule has 0 bridgehead atoms. The van der Waals surface area contributed by atoms with Gasteiger partial charge >= 0.3 is 0 Å². The molecule has 1 aromatic heterocycles. The Morgan fingerprint density at radius 3 is 2.67 bits per heavy atom. The quantitative estimate of drug-likeness (QED) is 0.603. The summed E-state index contributed by atoms with van der Waals surface area (Å²) in [5.41, 5.74) is 2.28. The van der Waals surface area contributed by atoms with Crippen LogP contribution in [0.2, 0.25) is 0 Å². The highest BCUT2D eigenvalue weighted by Crippen LogP contribution is 2.18. The lowest BCUT2D eigenvalue weighted by molar-refractivity contribution is 0.410. The van der Waals surface area contributed by atoms with Crippen molar-refractivity contribution in [3.05, 3.63) is 71.9 Å². The van der Waals surface area contributed by atoms with E-state index in [-0.39, 0.29) is 0 Å². The van der Waals surface area contributed by atoms with Crippen LogP contribution < -0.4 is 20.1 Å². The second-order valence-electron chi connectivity index (χ2n) is 5.96. The molecule has 0 radical (unpaired) electrons. The molecule has 3 rings (SSSR count). The van der Waals surface area contributed by atoms with Gasteiger partial charge in [-0.3, -0.25) is 0 Å². The van der Waals surface area contributed by atoms with Crippen molar-refractivity contribution in [2.45, 2.75) is 13.0 Å². The Morgan fingerprint density at radius 2 is 1.81 bits per heavy atom. The van der Waals surface area contributed by atoms with Crippen LogP contribution in [0.1, 0.15) is 11.1 Å². The van der Waals surface area contributed by atoms with Crippen molar-refractivity contribution in [1.29, 1.82) is 0 Å². The first-order chi connectivity index (χ1) is 13.3. The summed E-state index contributed by atoms with van der Waals surface area (Å²) in [6, 6.07) is 17.8. The molecule has 0 unspecified atom stereocenters. The van der Waals surface area contributed by atoms with E-state index in [1.54, 1.807) is 20.4 Å². The number of ether oxygens (including phenoxy) is 2. The predicted octanol–water partition coefficient (Wildman–Crippen LogP) is 3.76. The molecule has 6 heteroatoms. The minimum atomic E-state index is 0.600. The van der Waals surface area contributed by atoms with Crippen molar-refractivity contribution < 1.29 is 9.47 Å².